The van der Waals surface area contributed by atoms with Crippen molar-refractivity contribution in [2.75, 3.05) is 24.1 Å². The highest BCUT2D eigenvalue weighted by atomic mass is 32.2. The van der Waals surface area contributed by atoms with Crippen LogP contribution >= 0.6 is 0 Å². The van der Waals surface area contributed by atoms with Crippen LogP contribution in [0.15, 0.2) is 42.6 Å². The zero-order valence-corrected chi connectivity index (χ0v) is 15.5. The van der Waals surface area contributed by atoms with Crippen LogP contribution in [0, 0.1) is 0 Å². The second kappa shape index (κ2) is 6.78. The number of rotatable bonds is 5. The van der Waals surface area contributed by atoms with Crippen molar-refractivity contribution in [3.05, 3.63) is 48.2 Å². The third-order valence-electron chi connectivity index (χ3n) is 3.51. The van der Waals surface area contributed by atoms with Crippen LogP contribution in [0.5, 0.6) is 0 Å². The summed E-state index contributed by atoms with van der Waals surface area (Å²) in [6.07, 6.45) is 1.48. The Kier molecular flexibility index (Phi) is 5.15. The molecule has 0 atom stereocenters. The Morgan fingerprint density at radius 1 is 0.958 bits per heavy atom. The Balaban J connectivity index is 2.07. The van der Waals surface area contributed by atoms with E-state index in [-0.39, 0.29) is 5.41 Å². The molecule has 6 nitrogen and oxygen atoms in total. The standard InChI is InChI=1S/C17H24N4O2S/c1-17(2,3)13-6-8-14(9-7-13)19-16-11-10-15(12-18-16)20-24(22,23)21(4)5/h6-12,20H,1-5H3,(H,18,19). The minimum atomic E-state index is -3.52. The number of nitrogens with zero attached hydrogens (tertiary/aromatic N) is 2. The van der Waals surface area contributed by atoms with E-state index in [1.165, 1.54) is 25.9 Å². The van der Waals surface area contributed by atoms with E-state index < -0.39 is 10.2 Å². The van der Waals surface area contributed by atoms with E-state index in [1.807, 2.05) is 12.1 Å². The summed E-state index contributed by atoms with van der Waals surface area (Å²) >= 11 is 0. The first-order valence-electron chi connectivity index (χ1n) is 7.62. The predicted molar refractivity (Wildman–Crippen MR) is 98.9 cm³/mol. The smallest absolute Gasteiger partial charge is 0.301 e. The van der Waals surface area contributed by atoms with Gasteiger partial charge in [-0.15, -0.1) is 0 Å². The van der Waals surface area contributed by atoms with Crippen LogP contribution in [-0.4, -0.2) is 31.8 Å². The lowest BCUT2D eigenvalue weighted by molar-refractivity contribution is 0.527. The number of pyridine rings is 1. The Labute approximate surface area is 144 Å². The van der Waals surface area contributed by atoms with Gasteiger partial charge in [0.1, 0.15) is 5.82 Å². The first-order chi connectivity index (χ1) is 11.1. The molecule has 0 aliphatic carbocycles. The van der Waals surface area contributed by atoms with E-state index in [0.29, 0.717) is 11.5 Å². The van der Waals surface area contributed by atoms with E-state index in [9.17, 15) is 8.42 Å². The van der Waals surface area contributed by atoms with E-state index in [4.69, 9.17) is 0 Å². The highest BCUT2D eigenvalue weighted by Gasteiger charge is 2.14. The number of aromatic nitrogens is 1. The Morgan fingerprint density at radius 2 is 1.54 bits per heavy atom. The van der Waals surface area contributed by atoms with Crippen molar-refractivity contribution in [1.82, 2.24) is 9.29 Å². The maximum atomic E-state index is 11.8. The first-order valence-corrected chi connectivity index (χ1v) is 9.06. The molecule has 2 aromatic rings. The topological polar surface area (TPSA) is 74.3 Å². The molecule has 1 heterocycles. The van der Waals surface area contributed by atoms with Gasteiger partial charge >= 0.3 is 10.2 Å². The second-order valence-electron chi connectivity index (χ2n) is 6.77. The molecule has 0 spiro atoms. The average Bonchev–Trinajstić information content (AvgIpc) is 2.48. The lowest BCUT2D eigenvalue weighted by Gasteiger charge is -2.19. The summed E-state index contributed by atoms with van der Waals surface area (Å²) in [4.78, 5) is 4.23. The van der Waals surface area contributed by atoms with Crippen LogP contribution in [0.25, 0.3) is 0 Å². The summed E-state index contributed by atoms with van der Waals surface area (Å²) in [5, 5.41) is 3.20. The molecule has 7 heteroatoms. The third-order valence-corrected chi connectivity index (χ3v) is 4.97. The predicted octanol–water partition coefficient (Wildman–Crippen LogP) is 3.34. The van der Waals surface area contributed by atoms with Gasteiger partial charge in [0.15, 0.2) is 0 Å². The normalized spacial score (nSPS) is 12.2. The fourth-order valence-electron chi connectivity index (χ4n) is 1.97. The molecule has 0 aliphatic heterocycles. The maximum Gasteiger partial charge on any atom is 0.301 e. The second-order valence-corrected chi connectivity index (χ2v) is 8.66. The molecular formula is C17H24N4O2S. The molecule has 130 valence electrons. The van der Waals surface area contributed by atoms with Crippen molar-refractivity contribution in [3.8, 4) is 0 Å². The number of hydrogen-bond acceptors (Lipinski definition) is 4. The molecule has 0 unspecified atom stereocenters. The van der Waals surface area contributed by atoms with Crippen LogP contribution in [0.2, 0.25) is 0 Å². The van der Waals surface area contributed by atoms with Crippen molar-refractivity contribution in [2.45, 2.75) is 26.2 Å². The van der Waals surface area contributed by atoms with Crippen molar-refractivity contribution < 1.29 is 8.42 Å². The van der Waals surface area contributed by atoms with Gasteiger partial charge in [-0.1, -0.05) is 32.9 Å². The molecular weight excluding hydrogens is 324 g/mol. The zero-order chi connectivity index (χ0) is 18.0. The lowest BCUT2D eigenvalue weighted by Crippen LogP contribution is -2.28. The summed E-state index contributed by atoms with van der Waals surface area (Å²) in [5.74, 6) is 0.645. The SMILES string of the molecule is CN(C)S(=O)(=O)Nc1ccc(Nc2ccc(C(C)(C)C)cc2)nc1. The lowest BCUT2D eigenvalue weighted by atomic mass is 9.87. The summed E-state index contributed by atoms with van der Waals surface area (Å²) < 4.78 is 27.1. The van der Waals surface area contributed by atoms with E-state index in [2.05, 4.69) is 47.9 Å². The third kappa shape index (κ3) is 4.69. The minimum Gasteiger partial charge on any atom is -0.340 e. The highest BCUT2D eigenvalue weighted by molar-refractivity contribution is 7.90. The molecule has 24 heavy (non-hydrogen) atoms. The maximum absolute atomic E-state index is 11.8. The number of anilines is 3. The van der Waals surface area contributed by atoms with E-state index in [1.54, 1.807) is 12.1 Å². The molecule has 0 saturated heterocycles. The summed E-state index contributed by atoms with van der Waals surface area (Å²) in [6, 6.07) is 11.6. The van der Waals surface area contributed by atoms with Crippen molar-refractivity contribution >= 4 is 27.4 Å². The van der Waals surface area contributed by atoms with Gasteiger partial charge in [0.25, 0.3) is 0 Å². The molecule has 2 N–H and O–H groups in total. The van der Waals surface area contributed by atoms with E-state index in [0.717, 1.165) is 9.99 Å². The number of nitrogens with one attached hydrogen (secondary N) is 2. The molecule has 1 aromatic carbocycles. The van der Waals surface area contributed by atoms with Gasteiger partial charge in [-0.05, 0) is 35.2 Å². The quantitative estimate of drug-likeness (QED) is 0.869. The van der Waals surface area contributed by atoms with Crippen molar-refractivity contribution in [2.24, 2.45) is 0 Å². The first kappa shape index (κ1) is 18.2. The van der Waals surface area contributed by atoms with Crippen LogP contribution < -0.4 is 10.0 Å². The van der Waals surface area contributed by atoms with Crippen LogP contribution in [0.1, 0.15) is 26.3 Å². The largest absolute Gasteiger partial charge is 0.340 e. The molecule has 0 bridgehead atoms. The van der Waals surface area contributed by atoms with Gasteiger partial charge in [0, 0.05) is 19.8 Å². The van der Waals surface area contributed by atoms with E-state index >= 15 is 0 Å². The Bertz CT molecular complexity index is 777. The Morgan fingerprint density at radius 3 is 2.00 bits per heavy atom. The van der Waals surface area contributed by atoms with Crippen molar-refractivity contribution in [1.29, 1.82) is 0 Å². The summed E-state index contributed by atoms with van der Waals surface area (Å²) in [5.41, 5.74) is 2.71. The van der Waals surface area contributed by atoms with Gasteiger partial charge in [-0.25, -0.2) is 4.98 Å². The van der Waals surface area contributed by atoms with Gasteiger partial charge in [0.05, 0.1) is 11.9 Å². The van der Waals surface area contributed by atoms with Crippen molar-refractivity contribution in [3.63, 3.8) is 0 Å². The van der Waals surface area contributed by atoms with Gasteiger partial charge in [-0.2, -0.15) is 12.7 Å². The monoisotopic (exact) mass is 348 g/mol. The fraction of sp³-hybridized carbons (Fsp3) is 0.353. The van der Waals surface area contributed by atoms with Crippen LogP contribution in [0.3, 0.4) is 0 Å². The minimum absolute atomic E-state index is 0.113. The average molecular weight is 348 g/mol. The molecule has 0 aliphatic rings. The molecule has 0 amide bonds. The Hall–Kier alpha value is -2.12. The van der Waals surface area contributed by atoms with Crippen LogP contribution in [-0.2, 0) is 15.6 Å². The number of hydrogen-bond donors (Lipinski definition) is 2. The molecule has 0 saturated carbocycles. The molecule has 1 aromatic heterocycles. The van der Waals surface area contributed by atoms with Gasteiger partial charge in [-0.3, -0.25) is 4.72 Å². The molecule has 2 rings (SSSR count). The zero-order valence-electron chi connectivity index (χ0n) is 14.7. The molecule has 0 fully saturated rings. The number of benzene rings is 1. The van der Waals surface area contributed by atoms with Gasteiger partial charge < -0.3 is 5.32 Å². The summed E-state index contributed by atoms with van der Waals surface area (Å²) in [6.45, 7) is 6.51. The molecule has 0 radical (unpaired) electrons. The summed E-state index contributed by atoms with van der Waals surface area (Å²) in [7, 11) is -0.588. The van der Waals surface area contributed by atoms with Crippen LogP contribution in [0.4, 0.5) is 17.2 Å². The van der Waals surface area contributed by atoms with Gasteiger partial charge in [0.2, 0.25) is 0 Å². The fourth-order valence-corrected chi connectivity index (χ4v) is 2.57. The highest BCUT2D eigenvalue weighted by Crippen LogP contribution is 2.24.